The van der Waals surface area contributed by atoms with Gasteiger partial charge in [0.2, 0.25) is 0 Å². The number of methoxy groups -OCH3 is 5. The van der Waals surface area contributed by atoms with Crippen LogP contribution in [0.4, 0.5) is 0 Å². The van der Waals surface area contributed by atoms with Gasteiger partial charge in [0, 0.05) is 21.3 Å². The average Bonchev–Trinajstić information content (AvgIpc) is 3.27. The van der Waals surface area contributed by atoms with Crippen LogP contribution in [-0.4, -0.2) is 146 Å². The zero-order valence-electron chi connectivity index (χ0n) is 41.1. The minimum Gasteiger partial charge on any atom is -0.469 e. The van der Waals surface area contributed by atoms with Crippen molar-refractivity contribution in [2.75, 3.05) is 62.5 Å². The molecule has 0 unspecified atom stereocenters. The summed E-state index contributed by atoms with van der Waals surface area (Å²) in [6.45, 7) is 16.0. The first-order chi connectivity index (χ1) is 30.7. The second-order valence-electron chi connectivity index (χ2n) is 22.3. The number of ether oxygens (including phenoxy) is 12. The molecule has 0 amide bonds. The highest BCUT2D eigenvalue weighted by Gasteiger charge is 2.70. The molecule has 7 aliphatic rings. The smallest absolute Gasteiger partial charge is 0.337 e. The van der Waals surface area contributed by atoms with Crippen LogP contribution < -0.4 is 0 Å². The Balaban J connectivity index is 1.19. The van der Waals surface area contributed by atoms with Gasteiger partial charge in [-0.2, -0.15) is 0 Å². The molecule has 0 aromatic carbocycles. The van der Waals surface area contributed by atoms with Crippen LogP contribution >= 0.6 is 0 Å². The molecule has 65 heavy (non-hydrogen) atoms. The van der Waals surface area contributed by atoms with Gasteiger partial charge in [-0.15, -0.1) is 0 Å². The van der Waals surface area contributed by atoms with Crippen molar-refractivity contribution >= 4 is 11.9 Å². The summed E-state index contributed by atoms with van der Waals surface area (Å²) in [6, 6.07) is 0. The molecule has 5 aliphatic carbocycles. The van der Waals surface area contributed by atoms with Gasteiger partial charge in [0.05, 0.1) is 32.3 Å². The molecule has 372 valence electrons. The third-order valence-corrected chi connectivity index (χ3v) is 18.3. The first kappa shape index (κ1) is 51.1. The zero-order valence-corrected chi connectivity index (χ0v) is 41.1. The number of allylic oxidation sites excluding steroid dienone is 2. The Morgan fingerprint density at radius 3 is 2.00 bits per heavy atom. The van der Waals surface area contributed by atoms with Gasteiger partial charge in [-0.1, -0.05) is 60.1 Å². The quantitative estimate of drug-likeness (QED) is 0.0885. The van der Waals surface area contributed by atoms with E-state index in [4.69, 9.17) is 56.8 Å². The summed E-state index contributed by atoms with van der Waals surface area (Å²) >= 11 is 0. The molecule has 2 N–H and O–H groups in total. The Hall–Kier alpha value is -1.80. The van der Waals surface area contributed by atoms with Crippen molar-refractivity contribution in [2.24, 2.45) is 50.2 Å². The predicted molar refractivity (Wildman–Crippen MR) is 233 cm³/mol. The Labute approximate surface area is 386 Å². The van der Waals surface area contributed by atoms with Crippen LogP contribution in [0.2, 0.25) is 0 Å². The standard InChI is InChI=1S/C49H80O16/c1-44(2)19-21-49(43(53)58-12)22-20-47(6)28(29(49)23-44)13-14-32-46(5)17-16-33(45(3,4)31(46)15-18-48(32,47)7)63-42-39(62-27-56-10)37(36(61-26-55-9)38(65-42)40(52)57-11)64-41-35(60-25-54-8)34(51)30(50)24-59-41/h13,29-39,41-42,50-51H,14-27H2,1-12H3/t29-,30-,31-,32+,33-,34-,35-,36-,37-,38-,39+,41-,42+,46-,47+,48+,49-/m0/s1. The van der Waals surface area contributed by atoms with Crippen molar-refractivity contribution in [1.82, 2.24) is 0 Å². The number of carbonyl (C=O) groups excluding carboxylic acids is 2. The normalized spacial score (nSPS) is 45.5. The molecule has 17 atom stereocenters. The van der Waals surface area contributed by atoms with Gasteiger partial charge in [-0.25, -0.2) is 4.79 Å². The first-order valence-electron chi connectivity index (χ1n) is 23.9. The van der Waals surface area contributed by atoms with E-state index in [2.05, 4.69) is 54.5 Å². The van der Waals surface area contributed by atoms with E-state index in [9.17, 15) is 19.8 Å². The van der Waals surface area contributed by atoms with Crippen molar-refractivity contribution in [2.45, 2.75) is 174 Å². The largest absolute Gasteiger partial charge is 0.469 e. The average molecular weight is 925 g/mol. The SMILES string of the molecule is COCO[C@@H]1[C@H](O[C@@H]2[C@@H](OCOC)[C@H](O[C@H]3CC[C@]4(C)[C@H]5CC=C6[C@@H]7CC(C)(C)CC[C@]7(C(=O)OC)CC[C@@]6(C)[C@]5(C)CC[C@H]4C3(C)C)O[C@H](C(=O)OC)[C@H]2OCOC)OC[C@H](O)[C@@H]1O. The predicted octanol–water partition coefficient (Wildman–Crippen LogP) is 5.67. The second kappa shape index (κ2) is 19.5. The molecule has 16 nitrogen and oxygen atoms in total. The molecular formula is C49H80O16. The van der Waals surface area contributed by atoms with Crippen molar-refractivity contribution in [3.63, 3.8) is 0 Å². The summed E-state index contributed by atoms with van der Waals surface area (Å²) in [6.07, 6.45) is 0.580. The highest BCUT2D eigenvalue weighted by atomic mass is 16.8. The lowest BCUT2D eigenvalue weighted by Crippen LogP contribution is -2.67. The van der Waals surface area contributed by atoms with E-state index in [0.29, 0.717) is 5.92 Å². The fraction of sp³-hybridized carbons (Fsp3) is 0.918. The summed E-state index contributed by atoms with van der Waals surface area (Å²) in [5.41, 5.74) is 0.779. The van der Waals surface area contributed by atoms with E-state index < -0.39 is 66.7 Å². The van der Waals surface area contributed by atoms with E-state index in [1.54, 1.807) is 7.11 Å². The van der Waals surface area contributed by atoms with Crippen LogP contribution in [0.15, 0.2) is 11.6 Å². The van der Waals surface area contributed by atoms with E-state index in [1.165, 1.54) is 34.0 Å². The summed E-state index contributed by atoms with van der Waals surface area (Å²) in [7, 11) is 7.20. The lowest BCUT2D eigenvalue weighted by molar-refractivity contribution is -0.376. The number of esters is 2. The van der Waals surface area contributed by atoms with E-state index >= 15 is 0 Å². The van der Waals surface area contributed by atoms with Gasteiger partial charge in [0.15, 0.2) is 18.7 Å². The number of aliphatic hydroxyl groups excluding tert-OH is 2. The maximum atomic E-state index is 13.8. The molecule has 0 aromatic rings. The van der Waals surface area contributed by atoms with Gasteiger partial charge in [-0.05, 0) is 109 Å². The summed E-state index contributed by atoms with van der Waals surface area (Å²) < 4.78 is 71.2. The highest BCUT2D eigenvalue weighted by Crippen LogP contribution is 2.76. The molecule has 0 aromatic heterocycles. The third kappa shape index (κ3) is 8.78. The maximum absolute atomic E-state index is 13.8. The third-order valence-electron chi connectivity index (χ3n) is 18.3. The minimum atomic E-state index is -1.39. The molecule has 0 spiro atoms. The molecule has 2 heterocycles. The summed E-state index contributed by atoms with van der Waals surface area (Å²) in [5.74, 6) is 0.107. The van der Waals surface area contributed by atoms with Crippen LogP contribution in [0, 0.1) is 50.2 Å². The summed E-state index contributed by atoms with van der Waals surface area (Å²) in [5, 5.41) is 21.5. The molecule has 0 radical (unpaired) electrons. The van der Waals surface area contributed by atoms with E-state index in [0.717, 1.165) is 64.2 Å². The van der Waals surface area contributed by atoms with Gasteiger partial charge in [0.1, 0.15) is 57.0 Å². The van der Waals surface area contributed by atoms with Gasteiger partial charge >= 0.3 is 11.9 Å². The number of carbonyl (C=O) groups is 2. The topological polar surface area (TPSA) is 185 Å². The fourth-order valence-corrected chi connectivity index (χ4v) is 14.6. The molecule has 4 saturated carbocycles. The molecular weight excluding hydrogens is 845 g/mol. The van der Waals surface area contributed by atoms with Gasteiger partial charge < -0.3 is 67.1 Å². The van der Waals surface area contributed by atoms with Crippen molar-refractivity contribution in [3.8, 4) is 0 Å². The lowest BCUT2D eigenvalue weighted by Gasteiger charge is -2.71. The van der Waals surface area contributed by atoms with Crippen molar-refractivity contribution in [3.05, 3.63) is 11.6 Å². The molecule has 7 rings (SSSR count). The number of hydrogen-bond donors (Lipinski definition) is 2. The minimum absolute atomic E-state index is 0.0205. The second-order valence-corrected chi connectivity index (χ2v) is 22.3. The van der Waals surface area contributed by atoms with Crippen LogP contribution in [0.1, 0.15) is 113 Å². The van der Waals surface area contributed by atoms with Gasteiger partial charge in [0.25, 0.3) is 0 Å². The fourth-order valence-electron chi connectivity index (χ4n) is 14.6. The monoisotopic (exact) mass is 925 g/mol. The number of hydrogen-bond acceptors (Lipinski definition) is 16. The number of fused-ring (bicyclic) bond motifs is 7. The van der Waals surface area contributed by atoms with E-state index in [1.807, 2.05) is 0 Å². The van der Waals surface area contributed by atoms with Crippen LogP contribution in [0.5, 0.6) is 0 Å². The molecule has 6 fully saturated rings. The van der Waals surface area contributed by atoms with Crippen LogP contribution in [-0.2, 0) is 66.4 Å². The first-order valence-corrected chi connectivity index (χ1v) is 23.9. The van der Waals surface area contributed by atoms with Crippen LogP contribution in [0.3, 0.4) is 0 Å². The molecule has 2 aliphatic heterocycles. The zero-order chi connectivity index (χ0) is 47.3. The Kier molecular flexibility index (Phi) is 15.3. The maximum Gasteiger partial charge on any atom is 0.337 e. The van der Waals surface area contributed by atoms with Crippen molar-refractivity contribution in [1.29, 1.82) is 0 Å². The lowest BCUT2D eigenvalue weighted by atomic mass is 9.33. The number of rotatable bonds is 15. The molecule has 2 saturated heterocycles. The highest BCUT2D eigenvalue weighted by molar-refractivity contribution is 5.78. The Morgan fingerprint density at radius 2 is 1.35 bits per heavy atom. The van der Waals surface area contributed by atoms with Crippen LogP contribution in [0.25, 0.3) is 0 Å². The Morgan fingerprint density at radius 1 is 0.708 bits per heavy atom. The summed E-state index contributed by atoms with van der Waals surface area (Å²) in [4.78, 5) is 27.4. The van der Waals surface area contributed by atoms with Crippen molar-refractivity contribution < 1.29 is 76.6 Å². The Bertz CT molecular complexity index is 1700. The van der Waals surface area contributed by atoms with Gasteiger partial charge in [-0.3, -0.25) is 4.79 Å². The molecule has 0 bridgehead atoms. The molecule has 16 heteroatoms. The number of aliphatic hydroxyl groups is 2. The van der Waals surface area contributed by atoms with E-state index in [-0.39, 0.29) is 78.0 Å².